The van der Waals surface area contributed by atoms with Crippen molar-refractivity contribution in [2.24, 2.45) is 0 Å². The molecule has 1 atom stereocenters. The molecule has 1 rings (SSSR count). The van der Waals surface area contributed by atoms with E-state index in [1.807, 2.05) is 6.07 Å². The van der Waals surface area contributed by atoms with Gasteiger partial charge in [-0.15, -0.1) is 0 Å². The molecular weight excluding hydrogens is 214 g/mol. The van der Waals surface area contributed by atoms with Crippen molar-refractivity contribution < 1.29 is 4.79 Å². The van der Waals surface area contributed by atoms with Gasteiger partial charge in [-0.1, -0.05) is 13.3 Å². The number of nitrogen functional groups attached to an aromatic ring is 1. The van der Waals surface area contributed by atoms with Crippen LogP contribution in [0.3, 0.4) is 0 Å². The molecule has 1 unspecified atom stereocenters. The summed E-state index contributed by atoms with van der Waals surface area (Å²) in [6, 6.07) is 5.69. The lowest BCUT2D eigenvalue weighted by Gasteiger charge is -2.17. The van der Waals surface area contributed by atoms with Crippen LogP contribution in [0.2, 0.25) is 0 Å². The quantitative estimate of drug-likeness (QED) is 0.686. The summed E-state index contributed by atoms with van der Waals surface area (Å²) in [6.07, 6.45) is 2.18. The number of nitrogens with one attached hydrogen (secondary N) is 2. The summed E-state index contributed by atoms with van der Waals surface area (Å²) < 4.78 is 0. The molecule has 0 bridgehead atoms. The highest BCUT2D eigenvalue weighted by Crippen LogP contribution is 2.20. The Hall–Kier alpha value is -1.71. The molecule has 4 nitrogen and oxygen atoms in total. The molecule has 0 aliphatic rings. The van der Waals surface area contributed by atoms with Crippen molar-refractivity contribution in [1.82, 2.24) is 5.32 Å². The number of benzene rings is 1. The zero-order valence-electron chi connectivity index (χ0n) is 10.7. The van der Waals surface area contributed by atoms with Crippen molar-refractivity contribution in [1.29, 1.82) is 0 Å². The van der Waals surface area contributed by atoms with Gasteiger partial charge in [0.25, 0.3) is 5.91 Å². The van der Waals surface area contributed by atoms with Crippen LogP contribution in [-0.2, 0) is 0 Å². The number of rotatable bonds is 5. The van der Waals surface area contributed by atoms with E-state index in [1.54, 1.807) is 19.2 Å². The molecule has 0 aliphatic carbocycles. The molecule has 4 N–H and O–H groups in total. The van der Waals surface area contributed by atoms with Crippen molar-refractivity contribution in [3.8, 4) is 0 Å². The third kappa shape index (κ3) is 3.66. The molecule has 0 aromatic heterocycles. The number of hydrogen-bond donors (Lipinski definition) is 3. The second-order valence-corrected chi connectivity index (χ2v) is 4.22. The lowest BCUT2D eigenvalue weighted by molar-refractivity contribution is 0.0964. The number of carbonyl (C=O) groups is 1. The second-order valence-electron chi connectivity index (χ2n) is 4.22. The van der Waals surface area contributed by atoms with Crippen LogP contribution in [0.15, 0.2) is 18.2 Å². The Morgan fingerprint density at radius 1 is 1.47 bits per heavy atom. The molecule has 17 heavy (non-hydrogen) atoms. The predicted molar refractivity (Wildman–Crippen MR) is 72.2 cm³/mol. The Morgan fingerprint density at radius 3 is 2.76 bits per heavy atom. The monoisotopic (exact) mass is 235 g/mol. The summed E-state index contributed by atoms with van der Waals surface area (Å²) >= 11 is 0. The van der Waals surface area contributed by atoms with Crippen LogP contribution in [0.1, 0.15) is 37.0 Å². The smallest absolute Gasteiger partial charge is 0.253 e. The Bertz CT molecular complexity index is 390. The summed E-state index contributed by atoms with van der Waals surface area (Å²) in [5.41, 5.74) is 7.72. The third-order valence-corrected chi connectivity index (χ3v) is 2.64. The molecule has 1 amide bonds. The summed E-state index contributed by atoms with van der Waals surface area (Å²) in [7, 11) is 1.62. The van der Waals surface area contributed by atoms with Crippen LogP contribution in [0.25, 0.3) is 0 Å². The molecule has 0 spiro atoms. The number of hydrogen-bond acceptors (Lipinski definition) is 3. The molecule has 4 heteroatoms. The van der Waals surface area contributed by atoms with E-state index in [9.17, 15) is 4.79 Å². The van der Waals surface area contributed by atoms with Gasteiger partial charge in [-0.05, 0) is 31.5 Å². The van der Waals surface area contributed by atoms with Crippen LogP contribution >= 0.6 is 0 Å². The maximum atomic E-state index is 11.7. The molecule has 1 aromatic rings. The Balaban J connectivity index is 2.94. The number of amides is 1. The minimum Gasteiger partial charge on any atom is -0.399 e. The average Bonchev–Trinajstić information content (AvgIpc) is 2.30. The van der Waals surface area contributed by atoms with Gasteiger partial charge < -0.3 is 16.4 Å². The van der Waals surface area contributed by atoms with Gasteiger partial charge in [-0.25, -0.2) is 0 Å². The predicted octanol–water partition coefficient (Wildman–Crippen LogP) is 2.23. The van der Waals surface area contributed by atoms with Gasteiger partial charge in [0.05, 0.1) is 5.56 Å². The van der Waals surface area contributed by atoms with E-state index in [0.717, 1.165) is 18.5 Å². The summed E-state index contributed by atoms with van der Waals surface area (Å²) in [4.78, 5) is 11.7. The zero-order valence-corrected chi connectivity index (χ0v) is 10.7. The highest BCUT2D eigenvalue weighted by Gasteiger charge is 2.11. The van der Waals surface area contributed by atoms with Crippen molar-refractivity contribution in [2.75, 3.05) is 18.1 Å². The van der Waals surface area contributed by atoms with Crippen molar-refractivity contribution in [2.45, 2.75) is 32.7 Å². The van der Waals surface area contributed by atoms with E-state index in [1.165, 1.54) is 0 Å². The topological polar surface area (TPSA) is 67.1 Å². The van der Waals surface area contributed by atoms with Crippen molar-refractivity contribution in [3.05, 3.63) is 23.8 Å². The molecule has 0 saturated heterocycles. The summed E-state index contributed by atoms with van der Waals surface area (Å²) in [6.45, 7) is 4.24. The first-order valence-electron chi connectivity index (χ1n) is 5.96. The maximum absolute atomic E-state index is 11.7. The number of carbonyl (C=O) groups excluding carboxylic acids is 1. The van der Waals surface area contributed by atoms with Crippen LogP contribution in [0.5, 0.6) is 0 Å². The largest absolute Gasteiger partial charge is 0.399 e. The zero-order chi connectivity index (χ0) is 12.8. The van der Waals surface area contributed by atoms with Crippen LogP contribution < -0.4 is 16.4 Å². The van der Waals surface area contributed by atoms with Crippen molar-refractivity contribution >= 4 is 17.3 Å². The highest BCUT2D eigenvalue weighted by molar-refractivity contribution is 6.00. The van der Waals surface area contributed by atoms with Crippen LogP contribution in [0.4, 0.5) is 11.4 Å². The summed E-state index contributed by atoms with van der Waals surface area (Å²) in [5, 5.41) is 5.96. The molecule has 0 radical (unpaired) electrons. The maximum Gasteiger partial charge on any atom is 0.253 e. The van der Waals surface area contributed by atoms with Gasteiger partial charge in [0.2, 0.25) is 0 Å². The molecule has 0 heterocycles. The fraction of sp³-hybridized carbons (Fsp3) is 0.462. The Morgan fingerprint density at radius 2 is 2.18 bits per heavy atom. The van der Waals surface area contributed by atoms with Gasteiger partial charge in [0.15, 0.2) is 0 Å². The second kappa shape index (κ2) is 6.13. The van der Waals surface area contributed by atoms with Crippen LogP contribution in [-0.4, -0.2) is 19.0 Å². The SMILES string of the molecule is CCCC(C)Nc1ccc(N)cc1C(=O)NC. The van der Waals surface area contributed by atoms with E-state index in [-0.39, 0.29) is 5.91 Å². The molecule has 94 valence electrons. The van der Waals surface area contributed by atoms with E-state index in [0.29, 0.717) is 17.3 Å². The molecule has 0 fully saturated rings. The van der Waals surface area contributed by atoms with Gasteiger partial charge in [0.1, 0.15) is 0 Å². The highest BCUT2D eigenvalue weighted by atomic mass is 16.1. The van der Waals surface area contributed by atoms with Gasteiger partial charge in [0, 0.05) is 24.5 Å². The normalized spacial score (nSPS) is 11.9. The lowest BCUT2D eigenvalue weighted by Crippen LogP contribution is -2.22. The molecule has 0 aliphatic heterocycles. The first-order chi connectivity index (χ1) is 8.08. The fourth-order valence-electron chi connectivity index (χ4n) is 1.78. The standard InChI is InChI=1S/C13H21N3O/c1-4-5-9(2)16-12-7-6-10(14)8-11(12)13(17)15-3/h6-9,16H,4-5,14H2,1-3H3,(H,15,17). The molecular formula is C13H21N3O. The number of nitrogens with two attached hydrogens (primary N) is 1. The summed E-state index contributed by atoms with van der Waals surface area (Å²) in [5.74, 6) is -0.122. The first kappa shape index (κ1) is 13.4. The van der Waals surface area contributed by atoms with Gasteiger partial charge >= 0.3 is 0 Å². The Kier molecular flexibility index (Phi) is 4.82. The van der Waals surface area contributed by atoms with Gasteiger partial charge in [-0.2, -0.15) is 0 Å². The minimum absolute atomic E-state index is 0.122. The minimum atomic E-state index is -0.122. The van der Waals surface area contributed by atoms with E-state index in [2.05, 4.69) is 24.5 Å². The van der Waals surface area contributed by atoms with E-state index >= 15 is 0 Å². The molecule has 0 saturated carbocycles. The molecule has 1 aromatic carbocycles. The lowest BCUT2D eigenvalue weighted by atomic mass is 10.1. The van der Waals surface area contributed by atoms with Crippen molar-refractivity contribution in [3.63, 3.8) is 0 Å². The van der Waals surface area contributed by atoms with E-state index in [4.69, 9.17) is 5.73 Å². The van der Waals surface area contributed by atoms with Gasteiger partial charge in [-0.3, -0.25) is 4.79 Å². The fourth-order valence-corrected chi connectivity index (χ4v) is 1.78. The third-order valence-electron chi connectivity index (χ3n) is 2.64. The van der Waals surface area contributed by atoms with E-state index < -0.39 is 0 Å². The first-order valence-corrected chi connectivity index (χ1v) is 5.96. The average molecular weight is 235 g/mol. The van der Waals surface area contributed by atoms with Crippen LogP contribution in [0, 0.1) is 0 Å². The Labute approximate surface area is 103 Å². The number of anilines is 2.